The Hall–Kier alpha value is -15.2. The van der Waals surface area contributed by atoms with E-state index in [2.05, 4.69) is 84.0 Å². The van der Waals surface area contributed by atoms with Crippen molar-refractivity contribution in [1.82, 2.24) is 34.1 Å². The molecule has 5 aromatic carbocycles. The predicted octanol–water partition coefficient (Wildman–Crippen LogP) is 18.3. The molecular weight excluding hydrogens is 1820 g/mol. The first-order chi connectivity index (χ1) is 67.4. The maximum absolute atomic E-state index is 13.1. The molecule has 0 unspecified atom stereocenters. The minimum absolute atomic E-state index is 0.0148. The number of benzene rings is 5. The molecule has 12 aromatic rings. The highest BCUT2D eigenvalue weighted by molar-refractivity contribution is 6.07. The van der Waals surface area contributed by atoms with E-state index in [1.165, 1.54) is 24.3 Å². The summed E-state index contributed by atoms with van der Waals surface area (Å²) in [5.74, 6) is 0.0576. The fourth-order valence-electron chi connectivity index (χ4n) is 16.0. The maximum atomic E-state index is 13.1. The number of nitriles is 2. The lowest BCUT2D eigenvalue weighted by atomic mass is 9.90. The third-order valence-corrected chi connectivity index (χ3v) is 24.1. The maximum Gasteiger partial charge on any atom is 0.433 e. The molecule has 29 nitrogen and oxygen atoms in total. The molecule has 0 bridgehead atoms. The van der Waals surface area contributed by atoms with Crippen LogP contribution in [0.1, 0.15) is 135 Å². The zero-order valence-electron chi connectivity index (χ0n) is 80.5. The zero-order chi connectivity index (χ0) is 101. The van der Waals surface area contributed by atoms with Crippen LogP contribution in [0.3, 0.4) is 0 Å². The van der Waals surface area contributed by atoms with E-state index in [0.717, 1.165) is 116 Å². The summed E-state index contributed by atoms with van der Waals surface area (Å²) in [5.41, 5.74) is 13.4. The van der Waals surface area contributed by atoms with Gasteiger partial charge in [0.1, 0.15) is 28.6 Å². The standard InChI is InChI=1S/2C28H31N5O3.C25H25F3N4O3.C25H24F3N3O3/c1-5-32-17-21(14-24(27(32)35)33-10-12-36-13-11-33)23-16-22(7-6-19(23)2)31-26(34)20-8-9-30-25(15-20)28(3,4)18-29;1-5-36-27-24(33-10-12-35-13-11-33)14-21(17-31-27)23-16-22(7-6-19(23)2)32-26(34)20-8-9-30-25(15-20)28(3,4)18-29;1-3-35-24-21(32-8-10-34-11-9-32)12-18(15-30-24)20-14-19(5-4-16(20)2)31-23(33)17-6-7-29-22(13-17)25(26,27)28;1-16-6-7-20(29-24(33)17-4-3-5-19(12-17)25(26,27)28)15-21(16)18-13-22(30(2)23(32)14-18)31-8-10-34-11-9-31/h6-9,14-17H,5,10-13H2,1-4H3,(H,31,34);6-9,14-17H,5,10-13H2,1-4H3,(H,32,34);4-7,12-15H,3,8-11H2,1-2H3,(H,31,33);3-7,12-15H,8-11H2,1-2H3,(H,29,33). The van der Waals surface area contributed by atoms with Crippen molar-refractivity contribution in [3.8, 4) is 68.4 Å². The summed E-state index contributed by atoms with van der Waals surface area (Å²) in [6.07, 6.45) is 0.296. The molecule has 4 saturated heterocycles. The van der Waals surface area contributed by atoms with E-state index in [-0.39, 0.29) is 34.1 Å². The van der Waals surface area contributed by atoms with E-state index < -0.39 is 46.3 Å². The van der Waals surface area contributed by atoms with Gasteiger partial charge in [0.25, 0.3) is 34.7 Å². The summed E-state index contributed by atoms with van der Waals surface area (Å²) in [7, 11) is 1.72. The Morgan fingerprint density at radius 2 is 0.752 bits per heavy atom. The SMILES string of the molecule is CCOc1ncc(-c2cc(NC(=O)c3ccnc(C(C)(C)C#N)c3)ccc2C)cc1N1CCOCC1.CCOc1ncc(-c2cc(NC(=O)c3ccnc(C(F)(F)F)c3)ccc2C)cc1N1CCOCC1.CCn1cc(-c2cc(NC(=O)c3ccnc(C(C)(C)C#N)c3)ccc2C)cc(N2CCOCC2)c1=O.Cc1ccc(NC(=O)c2cccc(C(F)(F)F)c2)cc1-c1cc(N2CCOCC2)n(C)c(=O)c1. The lowest BCUT2D eigenvalue weighted by molar-refractivity contribution is -0.141. The molecule has 4 aliphatic rings. The summed E-state index contributed by atoms with van der Waals surface area (Å²) < 4.78 is 115. The van der Waals surface area contributed by atoms with Gasteiger partial charge < -0.3 is 73.9 Å². The van der Waals surface area contributed by atoms with Crippen LogP contribution in [0.25, 0.3) is 44.5 Å². The highest BCUT2D eigenvalue weighted by Gasteiger charge is 2.35. The number of amides is 4. The third kappa shape index (κ3) is 26.1. The van der Waals surface area contributed by atoms with Crippen molar-refractivity contribution >= 4 is 69.3 Å². The molecule has 0 saturated carbocycles. The molecule has 0 radical (unpaired) electrons. The quantitative estimate of drug-likeness (QED) is 0.0432. The van der Waals surface area contributed by atoms with Gasteiger partial charge in [-0.25, -0.2) is 9.97 Å². The Bertz CT molecular complexity index is 6770. The first-order valence-corrected chi connectivity index (χ1v) is 46.1. The Morgan fingerprint density at radius 3 is 1.12 bits per heavy atom. The molecule has 11 heterocycles. The van der Waals surface area contributed by atoms with Crippen LogP contribution < -0.4 is 61.5 Å². The van der Waals surface area contributed by atoms with Crippen molar-refractivity contribution in [2.24, 2.45) is 7.05 Å². The number of carbonyl (C=O) groups is 4. The van der Waals surface area contributed by atoms with Crippen molar-refractivity contribution in [2.75, 3.05) is 159 Å². The molecule has 0 atom stereocenters. The van der Waals surface area contributed by atoms with Gasteiger partial charge in [-0.1, -0.05) is 30.3 Å². The summed E-state index contributed by atoms with van der Waals surface area (Å²) in [6.45, 7) is 32.9. The highest BCUT2D eigenvalue weighted by Crippen LogP contribution is 2.40. The van der Waals surface area contributed by atoms with Crippen LogP contribution in [0.2, 0.25) is 0 Å². The molecule has 0 aliphatic carbocycles. The van der Waals surface area contributed by atoms with Gasteiger partial charge in [-0.2, -0.15) is 36.9 Å². The molecule has 4 fully saturated rings. The number of nitrogens with one attached hydrogen (secondary N) is 4. The largest absolute Gasteiger partial charge is 0.476 e. The Labute approximate surface area is 813 Å². The first kappa shape index (κ1) is 103. The number of ether oxygens (including phenoxy) is 6. The number of nitrogens with zero attached hydrogens (tertiary/aromatic N) is 13. The number of aromatic nitrogens is 7. The van der Waals surface area contributed by atoms with Gasteiger partial charge >= 0.3 is 12.4 Å². The van der Waals surface area contributed by atoms with Crippen LogP contribution in [-0.2, 0) is 55.7 Å². The van der Waals surface area contributed by atoms with Crippen LogP contribution in [0.15, 0.2) is 211 Å². The van der Waals surface area contributed by atoms with Crippen LogP contribution in [0, 0.1) is 50.4 Å². The summed E-state index contributed by atoms with van der Waals surface area (Å²) in [5, 5.41) is 30.1. The average molecular weight is 1930 g/mol. The van der Waals surface area contributed by atoms with Crippen LogP contribution in [0.5, 0.6) is 11.8 Å². The lowest BCUT2D eigenvalue weighted by Crippen LogP contribution is -2.40. The Balaban J connectivity index is 0.000000158. The lowest BCUT2D eigenvalue weighted by Gasteiger charge is -2.30. The van der Waals surface area contributed by atoms with Crippen molar-refractivity contribution in [2.45, 2.75) is 106 Å². The van der Waals surface area contributed by atoms with E-state index in [1.54, 1.807) is 117 Å². The number of alkyl halides is 6. The summed E-state index contributed by atoms with van der Waals surface area (Å²) in [6, 6.07) is 48.8. The van der Waals surface area contributed by atoms with Gasteiger partial charge in [0.05, 0.1) is 106 Å². The minimum Gasteiger partial charge on any atom is -0.476 e. The van der Waals surface area contributed by atoms with Crippen LogP contribution in [0.4, 0.5) is 72.0 Å². The van der Waals surface area contributed by atoms with Crippen molar-refractivity contribution in [3.63, 3.8) is 0 Å². The summed E-state index contributed by atoms with van der Waals surface area (Å²) >= 11 is 0. The average Bonchev–Trinajstić information content (AvgIpc) is 0.786. The number of hydrogen-bond donors (Lipinski definition) is 4. The van der Waals surface area contributed by atoms with E-state index in [1.807, 2.05) is 122 Å². The number of aryl methyl sites for hydroxylation is 5. The first-order valence-electron chi connectivity index (χ1n) is 46.1. The highest BCUT2D eigenvalue weighted by atomic mass is 19.4. The van der Waals surface area contributed by atoms with Crippen molar-refractivity contribution in [3.05, 3.63) is 289 Å². The topological polar surface area (TPSA) is 341 Å². The number of carbonyl (C=O) groups excluding carboxylic acids is 4. The molecule has 734 valence electrons. The second-order valence-electron chi connectivity index (χ2n) is 34.8. The van der Waals surface area contributed by atoms with E-state index >= 15 is 0 Å². The molecule has 4 N–H and O–H groups in total. The third-order valence-electron chi connectivity index (χ3n) is 24.1. The van der Waals surface area contributed by atoms with E-state index in [4.69, 9.17) is 28.4 Å². The number of pyridine rings is 7. The molecular formula is C106H111F6N17O12. The molecule has 35 heteroatoms. The second kappa shape index (κ2) is 46.1. The summed E-state index contributed by atoms with van der Waals surface area (Å²) in [4.78, 5) is 107. The van der Waals surface area contributed by atoms with E-state index in [0.29, 0.717) is 180 Å². The van der Waals surface area contributed by atoms with Gasteiger partial charge in [-0.3, -0.25) is 48.3 Å². The molecule has 4 aliphatic heterocycles. The molecule has 141 heavy (non-hydrogen) atoms. The molecule has 0 spiro atoms. The van der Waals surface area contributed by atoms with Crippen LogP contribution >= 0.6 is 0 Å². The van der Waals surface area contributed by atoms with Crippen molar-refractivity contribution in [1.29, 1.82) is 10.5 Å². The number of anilines is 8. The zero-order valence-corrected chi connectivity index (χ0v) is 80.5. The Kier molecular flexibility index (Phi) is 33.7. The van der Waals surface area contributed by atoms with E-state index in [9.17, 15) is 65.6 Å². The van der Waals surface area contributed by atoms with Gasteiger partial charge in [0.2, 0.25) is 11.8 Å². The molecule has 16 rings (SSSR count). The monoisotopic (exact) mass is 1930 g/mol. The number of rotatable bonds is 23. The number of morpholine rings is 4. The number of hydrogen-bond acceptors (Lipinski definition) is 23. The fourth-order valence-corrected chi connectivity index (χ4v) is 16.0. The molecule has 7 aromatic heterocycles. The van der Waals surface area contributed by atoms with Gasteiger partial charge in [0, 0.05) is 171 Å². The van der Waals surface area contributed by atoms with Gasteiger partial charge in [-0.15, -0.1) is 0 Å². The Morgan fingerprint density at radius 1 is 0.404 bits per heavy atom. The fraction of sp³-hybridized carbons (Fsp3) is 0.330. The minimum atomic E-state index is -4.63. The molecule has 4 amide bonds. The second-order valence-corrected chi connectivity index (χ2v) is 34.8. The number of halogens is 6. The normalized spacial score (nSPS) is 13.9. The van der Waals surface area contributed by atoms with Crippen LogP contribution in [-0.4, -0.2) is 176 Å². The van der Waals surface area contributed by atoms with Gasteiger partial charge in [0.15, 0.2) is 0 Å². The van der Waals surface area contributed by atoms with Gasteiger partial charge in [-0.05, 0) is 254 Å². The predicted molar refractivity (Wildman–Crippen MR) is 530 cm³/mol. The van der Waals surface area contributed by atoms with Crippen molar-refractivity contribution < 1.29 is 73.9 Å². The smallest absolute Gasteiger partial charge is 0.433 e.